The molecule has 4 rings (SSSR count). The summed E-state index contributed by atoms with van der Waals surface area (Å²) in [6.07, 6.45) is 3.60. The van der Waals surface area contributed by atoms with Crippen molar-refractivity contribution in [2.24, 2.45) is 11.8 Å². The lowest BCUT2D eigenvalue weighted by Gasteiger charge is -2.37. The Morgan fingerprint density at radius 3 is 2.31 bits per heavy atom. The summed E-state index contributed by atoms with van der Waals surface area (Å²) in [4.78, 5) is 0. The minimum absolute atomic E-state index is 0.0277. The molecular formula is C23H27ClO2. The summed E-state index contributed by atoms with van der Waals surface area (Å²) in [5.41, 5.74) is 5.40. The second-order valence-corrected chi connectivity index (χ2v) is 8.28. The highest BCUT2D eigenvalue weighted by Gasteiger charge is 2.35. The molecule has 3 heteroatoms. The number of hydrogen-bond donors (Lipinski definition) is 0. The number of rotatable bonds is 3. The van der Waals surface area contributed by atoms with Gasteiger partial charge in [-0.1, -0.05) is 48.9 Å². The third-order valence-electron chi connectivity index (χ3n) is 6.10. The molecule has 1 heterocycles. The van der Waals surface area contributed by atoms with E-state index in [1.807, 2.05) is 12.1 Å². The van der Waals surface area contributed by atoms with Crippen molar-refractivity contribution in [3.8, 4) is 11.1 Å². The van der Waals surface area contributed by atoms with Gasteiger partial charge in [0.05, 0.1) is 13.2 Å². The van der Waals surface area contributed by atoms with E-state index in [2.05, 4.69) is 44.2 Å². The summed E-state index contributed by atoms with van der Waals surface area (Å²) < 4.78 is 11.5. The molecule has 26 heavy (non-hydrogen) atoms. The van der Waals surface area contributed by atoms with Gasteiger partial charge in [-0.15, -0.1) is 0 Å². The summed E-state index contributed by atoms with van der Waals surface area (Å²) >= 11 is 6.04. The molecule has 0 bridgehead atoms. The van der Waals surface area contributed by atoms with Crippen molar-refractivity contribution in [2.75, 3.05) is 13.2 Å². The Morgan fingerprint density at radius 1 is 0.923 bits per heavy atom. The van der Waals surface area contributed by atoms with Crippen LogP contribution in [0.25, 0.3) is 11.1 Å². The summed E-state index contributed by atoms with van der Waals surface area (Å²) in [6.45, 7) is 6.13. The Hall–Kier alpha value is -1.35. The van der Waals surface area contributed by atoms with Crippen LogP contribution >= 0.6 is 11.6 Å². The van der Waals surface area contributed by atoms with E-state index >= 15 is 0 Å². The fourth-order valence-electron chi connectivity index (χ4n) is 4.66. The molecule has 1 aliphatic carbocycles. The van der Waals surface area contributed by atoms with Crippen LogP contribution in [0.2, 0.25) is 5.02 Å². The topological polar surface area (TPSA) is 18.5 Å². The first kappa shape index (κ1) is 18.0. The molecule has 1 saturated carbocycles. The standard InChI is InChI=1S/C23H27ClO2/c1-15-3-4-18(17-5-8-20(24)9-6-17)14-22(15)21-10-7-19(13-16(21)2)23-25-11-12-26-23/h3-6,8-9,14,16,19,21,23H,7,10-13H2,1-2H3. The summed E-state index contributed by atoms with van der Waals surface area (Å²) in [5, 5.41) is 0.782. The normalized spacial score (nSPS) is 27.0. The van der Waals surface area contributed by atoms with Crippen LogP contribution in [0.5, 0.6) is 0 Å². The molecule has 3 unspecified atom stereocenters. The molecule has 2 aromatic rings. The highest BCUT2D eigenvalue weighted by Crippen LogP contribution is 2.44. The third kappa shape index (κ3) is 3.69. The molecule has 1 aliphatic heterocycles. The van der Waals surface area contributed by atoms with Crippen LogP contribution in [0.15, 0.2) is 42.5 Å². The van der Waals surface area contributed by atoms with Gasteiger partial charge in [-0.05, 0) is 72.4 Å². The molecule has 138 valence electrons. The van der Waals surface area contributed by atoms with E-state index in [-0.39, 0.29) is 6.29 Å². The largest absolute Gasteiger partial charge is 0.350 e. The van der Waals surface area contributed by atoms with Crippen molar-refractivity contribution in [3.63, 3.8) is 0 Å². The van der Waals surface area contributed by atoms with Gasteiger partial charge in [0.1, 0.15) is 0 Å². The van der Waals surface area contributed by atoms with Gasteiger partial charge in [-0.25, -0.2) is 0 Å². The Morgan fingerprint density at radius 2 is 1.62 bits per heavy atom. The van der Waals surface area contributed by atoms with Crippen molar-refractivity contribution in [1.29, 1.82) is 0 Å². The van der Waals surface area contributed by atoms with Crippen LogP contribution < -0.4 is 0 Å². The highest BCUT2D eigenvalue weighted by atomic mass is 35.5. The molecule has 2 aliphatic rings. The van der Waals surface area contributed by atoms with Gasteiger partial charge in [0.2, 0.25) is 0 Å². The minimum atomic E-state index is 0.0277. The molecule has 0 N–H and O–H groups in total. The molecule has 2 aromatic carbocycles. The SMILES string of the molecule is Cc1ccc(-c2ccc(Cl)cc2)cc1C1CCC(C2OCCO2)CC1C. The lowest BCUT2D eigenvalue weighted by Crippen LogP contribution is -2.30. The quantitative estimate of drug-likeness (QED) is 0.639. The van der Waals surface area contributed by atoms with Gasteiger partial charge in [-0.3, -0.25) is 0 Å². The van der Waals surface area contributed by atoms with Crippen LogP contribution in [0.4, 0.5) is 0 Å². The lowest BCUT2D eigenvalue weighted by molar-refractivity contribution is -0.0981. The maximum absolute atomic E-state index is 6.04. The van der Waals surface area contributed by atoms with E-state index in [4.69, 9.17) is 21.1 Å². The number of hydrogen-bond acceptors (Lipinski definition) is 2. The van der Waals surface area contributed by atoms with E-state index in [0.29, 0.717) is 17.8 Å². The molecule has 0 amide bonds. The summed E-state index contributed by atoms with van der Waals surface area (Å²) in [7, 11) is 0. The van der Waals surface area contributed by atoms with Gasteiger partial charge < -0.3 is 9.47 Å². The van der Waals surface area contributed by atoms with E-state index in [1.54, 1.807) is 0 Å². The fourth-order valence-corrected chi connectivity index (χ4v) is 4.78. The molecule has 0 radical (unpaired) electrons. The zero-order valence-electron chi connectivity index (χ0n) is 15.6. The summed E-state index contributed by atoms with van der Waals surface area (Å²) in [6, 6.07) is 15.0. The molecule has 2 fully saturated rings. The van der Waals surface area contributed by atoms with Gasteiger partial charge >= 0.3 is 0 Å². The number of ether oxygens (including phenoxy) is 2. The van der Waals surface area contributed by atoms with Crippen molar-refractivity contribution < 1.29 is 9.47 Å². The molecule has 1 saturated heterocycles. The Bertz CT molecular complexity index is 749. The molecule has 0 aromatic heterocycles. The van der Waals surface area contributed by atoms with Crippen LogP contribution in [-0.2, 0) is 9.47 Å². The maximum Gasteiger partial charge on any atom is 0.160 e. The number of halogens is 1. The van der Waals surface area contributed by atoms with Crippen LogP contribution in [0, 0.1) is 18.8 Å². The first-order chi connectivity index (χ1) is 12.6. The second kappa shape index (κ2) is 7.72. The lowest BCUT2D eigenvalue weighted by atomic mass is 9.70. The smallest absolute Gasteiger partial charge is 0.160 e. The van der Waals surface area contributed by atoms with Crippen molar-refractivity contribution in [2.45, 2.75) is 45.3 Å². The Kier molecular flexibility index (Phi) is 5.35. The van der Waals surface area contributed by atoms with Crippen LogP contribution in [-0.4, -0.2) is 19.5 Å². The minimum Gasteiger partial charge on any atom is -0.350 e. The van der Waals surface area contributed by atoms with Crippen LogP contribution in [0.1, 0.15) is 43.2 Å². The van der Waals surface area contributed by atoms with Crippen LogP contribution in [0.3, 0.4) is 0 Å². The zero-order chi connectivity index (χ0) is 18.1. The molecule has 2 nitrogen and oxygen atoms in total. The highest BCUT2D eigenvalue weighted by molar-refractivity contribution is 6.30. The van der Waals surface area contributed by atoms with Gasteiger partial charge in [0, 0.05) is 10.9 Å². The van der Waals surface area contributed by atoms with Crippen molar-refractivity contribution >= 4 is 11.6 Å². The van der Waals surface area contributed by atoms with E-state index in [0.717, 1.165) is 18.2 Å². The Balaban J connectivity index is 1.55. The van der Waals surface area contributed by atoms with Gasteiger partial charge in [0.25, 0.3) is 0 Å². The average Bonchev–Trinajstić information content (AvgIpc) is 3.18. The average molecular weight is 371 g/mol. The third-order valence-corrected chi connectivity index (χ3v) is 6.35. The second-order valence-electron chi connectivity index (χ2n) is 7.85. The maximum atomic E-state index is 6.04. The fraction of sp³-hybridized carbons (Fsp3) is 0.478. The molecule has 3 atom stereocenters. The van der Waals surface area contributed by atoms with E-state index < -0.39 is 0 Å². The molecule has 0 spiro atoms. The van der Waals surface area contributed by atoms with Gasteiger partial charge in [0.15, 0.2) is 6.29 Å². The van der Waals surface area contributed by atoms with Crippen molar-refractivity contribution in [3.05, 3.63) is 58.6 Å². The number of aryl methyl sites for hydroxylation is 1. The van der Waals surface area contributed by atoms with Crippen molar-refractivity contribution in [1.82, 2.24) is 0 Å². The Labute approximate surface area is 161 Å². The van der Waals surface area contributed by atoms with Gasteiger partial charge in [-0.2, -0.15) is 0 Å². The predicted molar refractivity (Wildman–Crippen MR) is 107 cm³/mol. The van der Waals surface area contributed by atoms with E-state index in [1.165, 1.54) is 41.5 Å². The first-order valence-electron chi connectivity index (χ1n) is 9.71. The number of benzene rings is 2. The molecular weight excluding hydrogens is 344 g/mol. The summed E-state index contributed by atoms with van der Waals surface area (Å²) in [5.74, 6) is 1.80. The predicted octanol–water partition coefficient (Wildman–Crippen LogP) is 6.21. The monoisotopic (exact) mass is 370 g/mol. The van der Waals surface area contributed by atoms with E-state index in [9.17, 15) is 0 Å². The zero-order valence-corrected chi connectivity index (χ0v) is 16.3. The first-order valence-corrected chi connectivity index (χ1v) is 10.1.